The second kappa shape index (κ2) is 5.51. The van der Waals surface area contributed by atoms with Crippen molar-refractivity contribution in [3.05, 3.63) is 35.9 Å². The molecule has 0 spiro atoms. The van der Waals surface area contributed by atoms with Crippen molar-refractivity contribution in [1.82, 2.24) is 4.90 Å². The predicted molar refractivity (Wildman–Crippen MR) is 61.5 cm³/mol. The van der Waals surface area contributed by atoms with Crippen LogP contribution in [0.15, 0.2) is 30.3 Å². The van der Waals surface area contributed by atoms with Crippen LogP contribution in [0.25, 0.3) is 0 Å². The third-order valence-corrected chi connectivity index (χ3v) is 2.48. The maximum absolute atomic E-state index is 11.6. The van der Waals surface area contributed by atoms with Crippen LogP contribution in [0.5, 0.6) is 0 Å². The summed E-state index contributed by atoms with van der Waals surface area (Å²) in [5.74, 6) is 0.246. The Hall–Kier alpha value is -1.35. The zero-order valence-electron chi connectivity index (χ0n) is 9.31. The maximum Gasteiger partial charge on any atom is 0.222 e. The molecule has 1 unspecified atom stereocenters. The number of hydrogen-bond donors (Lipinski definition) is 1. The van der Waals surface area contributed by atoms with Crippen molar-refractivity contribution < 1.29 is 4.79 Å². The van der Waals surface area contributed by atoms with Gasteiger partial charge in [0.05, 0.1) is 0 Å². The quantitative estimate of drug-likeness (QED) is 0.804. The van der Waals surface area contributed by atoms with Crippen molar-refractivity contribution in [1.29, 1.82) is 0 Å². The van der Waals surface area contributed by atoms with Crippen LogP contribution in [-0.2, 0) is 4.79 Å². The first kappa shape index (κ1) is 11.7. The molecule has 1 rings (SSSR count). The molecule has 2 N–H and O–H groups in total. The first-order valence-corrected chi connectivity index (χ1v) is 5.10. The third-order valence-electron chi connectivity index (χ3n) is 2.48. The molecule has 1 aromatic rings. The third kappa shape index (κ3) is 3.36. The molecule has 0 heterocycles. The monoisotopic (exact) mass is 206 g/mol. The lowest BCUT2D eigenvalue weighted by Crippen LogP contribution is -2.26. The van der Waals surface area contributed by atoms with Gasteiger partial charge in [-0.05, 0) is 12.1 Å². The van der Waals surface area contributed by atoms with Gasteiger partial charge in [0.1, 0.15) is 0 Å². The van der Waals surface area contributed by atoms with E-state index in [0.29, 0.717) is 13.0 Å². The molecule has 3 nitrogen and oxygen atoms in total. The van der Waals surface area contributed by atoms with Crippen molar-refractivity contribution in [3.63, 3.8) is 0 Å². The minimum absolute atomic E-state index is 0.120. The van der Waals surface area contributed by atoms with Gasteiger partial charge in [-0.1, -0.05) is 30.3 Å². The van der Waals surface area contributed by atoms with Crippen molar-refractivity contribution in [2.75, 3.05) is 20.6 Å². The minimum Gasteiger partial charge on any atom is -0.349 e. The molecule has 0 aliphatic heterocycles. The smallest absolute Gasteiger partial charge is 0.222 e. The van der Waals surface area contributed by atoms with E-state index in [4.69, 9.17) is 5.73 Å². The molecular formula is C12H18N2O. The van der Waals surface area contributed by atoms with Crippen LogP contribution >= 0.6 is 0 Å². The molecule has 0 aromatic heterocycles. The summed E-state index contributed by atoms with van der Waals surface area (Å²) in [5, 5.41) is 0. The zero-order valence-corrected chi connectivity index (χ0v) is 9.31. The molecule has 0 bridgehead atoms. The molecule has 15 heavy (non-hydrogen) atoms. The number of nitrogens with zero attached hydrogens (tertiary/aromatic N) is 1. The van der Waals surface area contributed by atoms with E-state index in [-0.39, 0.29) is 11.8 Å². The van der Waals surface area contributed by atoms with Gasteiger partial charge < -0.3 is 10.6 Å². The topological polar surface area (TPSA) is 46.3 Å². The first-order chi connectivity index (χ1) is 7.15. The van der Waals surface area contributed by atoms with Gasteiger partial charge in [0.2, 0.25) is 5.91 Å². The van der Waals surface area contributed by atoms with Gasteiger partial charge in [-0.25, -0.2) is 0 Å². The predicted octanol–water partition coefficient (Wildman–Crippen LogP) is 1.21. The Labute approximate surface area is 90.9 Å². The Morgan fingerprint density at radius 1 is 1.33 bits per heavy atom. The highest BCUT2D eigenvalue weighted by molar-refractivity contribution is 5.76. The Bertz CT molecular complexity index is 309. The summed E-state index contributed by atoms with van der Waals surface area (Å²) in [5.41, 5.74) is 6.82. The molecule has 1 atom stereocenters. The second-order valence-corrected chi connectivity index (χ2v) is 3.84. The summed E-state index contributed by atoms with van der Waals surface area (Å²) < 4.78 is 0. The van der Waals surface area contributed by atoms with Crippen molar-refractivity contribution >= 4 is 5.91 Å². The molecule has 82 valence electrons. The molecule has 0 radical (unpaired) electrons. The highest BCUT2D eigenvalue weighted by Crippen LogP contribution is 2.18. The van der Waals surface area contributed by atoms with E-state index in [2.05, 4.69) is 0 Å². The first-order valence-electron chi connectivity index (χ1n) is 5.10. The fourth-order valence-corrected chi connectivity index (χ4v) is 1.46. The lowest BCUT2D eigenvalue weighted by molar-refractivity contribution is -0.129. The van der Waals surface area contributed by atoms with Crippen molar-refractivity contribution in [2.24, 2.45) is 5.73 Å². The Kier molecular flexibility index (Phi) is 4.31. The van der Waals surface area contributed by atoms with Gasteiger partial charge in [0, 0.05) is 26.4 Å². The van der Waals surface area contributed by atoms with E-state index in [1.807, 2.05) is 30.3 Å². The molecule has 0 saturated carbocycles. The molecule has 3 heteroatoms. The van der Waals surface area contributed by atoms with Crippen LogP contribution in [-0.4, -0.2) is 31.4 Å². The highest BCUT2D eigenvalue weighted by Gasteiger charge is 2.15. The average molecular weight is 206 g/mol. The molecule has 0 aliphatic rings. The summed E-state index contributed by atoms with van der Waals surface area (Å²) >= 11 is 0. The summed E-state index contributed by atoms with van der Waals surface area (Å²) in [6.07, 6.45) is 0.480. The second-order valence-electron chi connectivity index (χ2n) is 3.84. The van der Waals surface area contributed by atoms with E-state index in [0.717, 1.165) is 5.56 Å². The lowest BCUT2D eigenvalue weighted by Gasteiger charge is -2.17. The van der Waals surface area contributed by atoms with Gasteiger partial charge in [-0.15, -0.1) is 0 Å². The number of benzene rings is 1. The number of hydrogen-bond acceptors (Lipinski definition) is 2. The SMILES string of the molecule is CN(C)C(=O)CC(CN)c1ccccc1. The largest absolute Gasteiger partial charge is 0.349 e. The van der Waals surface area contributed by atoms with E-state index in [9.17, 15) is 4.79 Å². The maximum atomic E-state index is 11.6. The van der Waals surface area contributed by atoms with Crippen LogP contribution < -0.4 is 5.73 Å². The van der Waals surface area contributed by atoms with Gasteiger partial charge in [0.25, 0.3) is 0 Å². The van der Waals surface area contributed by atoms with E-state index < -0.39 is 0 Å². The zero-order chi connectivity index (χ0) is 11.3. The van der Waals surface area contributed by atoms with Crippen LogP contribution in [0.2, 0.25) is 0 Å². The molecule has 0 saturated heterocycles. The number of amides is 1. The Morgan fingerprint density at radius 3 is 2.40 bits per heavy atom. The summed E-state index contributed by atoms with van der Waals surface area (Å²) in [4.78, 5) is 13.2. The molecule has 0 fully saturated rings. The molecule has 1 amide bonds. The van der Waals surface area contributed by atoms with Crippen molar-refractivity contribution in [2.45, 2.75) is 12.3 Å². The fraction of sp³-hybridized carbons (Fsp3) is 0.417. The summed E-state index contributed by atoms with van der Waals surface area (Å²) in [6, 6.07) is 9.93. The summed E-state index contributed by atoms with van der Waals surface area (Å²) in [7, 11) is 3.53. The van der Waals surface area contributed by atoms with E-state index in [1.54, 1.807) is 19.0 Å². The summed E-state index contributed by atoms with van der Waals surface area (Å²) in [6.45, 7) is 0.504. The van der Waals surface area contributed by atoms with E-state index >= 15 is 0 Å². The van der Waals surface area contributed by atoms with E-state index in [1.165, 1.54) is 0 Å². The minimum atomic E-state index is 0.120. The number of nitrogens with two attached hydrogens (primary N) is 1. The average Bonchev–Trinajstić information content (AvgIpc) is 2.26. The fourth-order valence-electron chi connectivity index (χ4n) is 1.46. The van der Waals surface area contributed by atoms with Crippen LogP contribution in [0.3, 0.4) is 0 Å². The molecular weight excluding hydrogens is 188 g/mol. The van der Waals surface area contributed by atoms with Gasteiger partial charge in [-0.3, -0.25) is 4.79 Å². The van der Waals surface area contributed by atoms with Gasteiger partial charge in [0.15, 0.2) is 0 Å². The van der Waals surface area contributed by atoms with Gasteiger partial charge >= 0.3 is 0 Å². The van der Waals surface area contributed by atoms with Gasteiger partial charge in [-0.2, -0.15) is 0 Å². The molecule has 1 aromatic carbocycles. The van der Waals surface area contributed by atoms with Crippen LogP contribution in [0.1, 0.15) is 17.9 Å². The standard InChI is InChI=1S/C12H18N2O/c1-14(2)12(15)8-11(9-13)10-6-4-3-5-7-10/h3-7,11H,8-9,13H2,1-2H3. The normalized spacial score (nSPS) is 12.2. The molecule has 0 aliphatic carbocycles. The Morgan fingerprint density at radius 2 is 1.93 bits per heavy atom. The number of carbonyl (C=O) groups excluding carboxylic acids is 1. The highest BCUT2D eigenvalue weighted by atomic mass is 16.2. The number of rotatable bonds is 4. The van der Waals surface area contributed by atoms with Crippen molar-refractivity contribution in [3.8, 4) is 0 Å². The van der Waals surface area contributed by atoms with Crippen LogP contribution in [0.4, 0.5) is 0 Å². The van der Waals surface area contributed by atoms with Crippen LogP contribution in [0, 0.1) is 0 Å². The Balaban J connectivity index is 2.69. The lowest BCUT2D eigenvalue weighted by atomic mass is 9.95. The number of carbonyl (C=O) groups is 1.